The number of ether oxygens (including phenoxy) is 2. The van der Waals surface area contributed by atoms with E-state index in [4.69, 9.17) is 9.47 Å². The summed E-state index contributed by atoms with van der Waals surface area (Å²) in [5, 5.41) is 0. The summed E-state index contributed by atoms with van der Waals surface area (Å²) < 4.78 is 10.2. The number of carbonyl (C=O) groups is 3. The molecule has 1 aromatic carbocycles. The van der Waals surface area contributed by atoms with E-state index in [0.29, 0.717) is 0 Å². The molecule has 98 valence electrons. The van der Waals surface area contributed by atoms with Gasteiger partial charge in [0.1, 0.15) is 11.5 Å². The molecule has 0 atom stereocenters. The van der Waals surface area contributed by atoms with Gasteiger partial charge in [0.15, 0.2) is 11.6 Å². The van der Waals surface area contributed by atoms with Crippen molar-refractivity contribution in [3.63, 3.8) is 0 Å². The Morgan fingerprint density at radius 2 is 1.53 bits per heavy atom. The second kappa shape index (κ2) is 4.68. The fourth-order valence-electron chi connectivity index (χ4n) is 2.04. The third-order valence-corrected chi connectivity index (χ3v) is 2.94. The van der Waals surface area contributed by atoms with Gasteiger partial charge in [0, 0.05) is 6.08 Å². The maximum atomic E-state index is 12.3. The molecule has 0 radical (unpaired) electrons. The van der Waals surface area contributed by atoms with Crippen LogP contribution in [0.15, 0.2) is 23.8 Å². The first-order valence-electron chi connectivity index (χ1n) is 5.58. The molecule has 2 rings (SSSR count). The molecular weight excluding hydrogens is 248 g/mol. The highest BCUT2D eigenvalue weighted by Crippen LogP contribution is 2.35. The van der Waals surface area contributed by atoms with E-state index in [9.17, 15) is 14.4 Å². The lowest BCUT2D eigenvalue weighted by molar-refractivity contribution is -0.113. The van der Waals surface area contributed by atoms with Crippen molar-refractivity contribution in [2.24, 2.45) is 0 Å². The monoisotopic (exact) mass is 260 g/mol. The summed E-state index contributed by atoms with van der Waals surface area (Å²) >= 11 is 0. The third-order valence-electron chi connectivity index (χ3n) is 2.94. The Balaban J connectivity index is 2.77. The van der Waals surface area contributed by atoms with Crippen molar-refractivity contribution in [1.82, 2.24) is 0 Å². The Hall–Kier alpha value is -2.43. The lowest BCUT2D eigenvalue weighted by atomic mass is 9.86. The maximum absolute atomic E-state index is 12.3. The van der Waals surface area contributed by atoms with E-state index in [1.165, 1.54) is 27.2 Å². The minimum absolute atomic E-state index is 0.0829. The summed E-state index contributed by atoms with van der Waals surface area (Å²) in [5.74, 6) is -0.865. The van der Waals surface area contributed by atoms with E-state index in [1.807, 2.05) is 0 Å². The number of Topliss-reactive ketones (excluding diaryl/α,β-unsaturated/α-hetero) is 2. The zero-order valence-electron chi connectivity index (χ0n) is 10.8. The molecule has 0 bridgehead atoms. The molecule has 5 nitrogen and oxygen atoms in total. The molecule has 0 aromatic heterocycles. The van der Waals surface area contributed by atoms with Crippen molar-refractivity contribution in [1.29, 1.82) is 0 Å². The van der Waals surface area contributed by atoms with E-state index in [1.54, 1.807) is 6.07 Å². The fourth-order valence-corrected chi connectivity index (χ4v) is 2.04. The lowest BCUT2D eigenvalue weighted by Gasteiger charge is -2.18. The normalized spacial score (nSPS) is 13.7. The Morgan fingerprint density at radius 1 is 1.00 bits per heavy atom. The van der Waals surface area contributed by atoms with E-state index in [-0.39, 0.29) is 28.2 Å². The van der Waals surface area contributed by atoms with Crippen LogP contribution in [0.3, 0.4) is 0 Å². The van der Waals surface area contributed by atoms with Gasteiger partial charge in [-0.1, -0.05) is 0 Å². The smallest absolute Gasteiger partial charge is 0.201 e. The van der Waals surface area contributed by atoms with Crippen LogP contribution in [-0.4, -0.2) is 31.6 Å². The van der Waals surface area contributed by atoms with E-state index < -0.39 is 17.3 Å². The van der Waals surface area contributed by atoms with E-state index in [0.717, 1.165) is 6.08 Å². The van der Waals surface area contributed by atoms with Gasteiger partial charge < -0.3 is 9.47 Å². The van der Waals surface area contributed by atoms with Crippen LogP contribution in [0.2, 0.25) is 0 Å². The summed E-state index contributed by atoms with van der Waals surface area (Å²) in [7, 11) is 2.80. The number of ketones is 3. The highest BCUT2D eigenvalue weighted by atomic mass is 16.5. The molecule has 0 amide bonds. The van der Waals surface area contributed by atoms with Gasteiger partial charge in [-0.15, -0.1) is 0 Å². The number of fused-ring (bicyclic) bond motifs is 1. The fraction of sp³-hybridized carbons (Fsp3) is 0.214. The van der Waals surface area contributed by atoms with Crippen LogP contribution in [0, 0.1) is 0 Å². The highest BCUT2D eigenvalue weighted by Gasteiger charge is 2.33. The maximum Gasteiger partial charge on any atom is 0.201 e. The third kappa shape index (κ3) is 1.93. The number of hydrogen-bond donors (Lipinski definition) is 0. The van der Waals surface area contributed by atoms with Gasteiger partial charge >= 0.3 is 0 Å². The van der Waals surface area contributed by atoms with Gasteiger partial charge in [0.05, 0.1) is 30.9 Å². The molecule has 0 heterocycles. The first-order valence-corrected chi connectivity index (χ1v) is 5.58. The standard InChI is InChI=1S/C14H12O5/c1-7(15)8-6-9(16)12-10(18-2)4-5-11(19-3)13(12)14(8)17/h4-6H,1-3H3. The SMILES string of the molecule is COc1ccc(OC)c2c1C(=O)C=C(C(C)=O)C2=O. The van der Waals surface area contributed by atoms with Gasteiger partial charge in [-0.2, -0.15) is 0 Å². The number of carbonyl (C=O) groups excluding carboxylic acids is 3. The summed E-state index contributed by atoms with van der Waals surface area (Å²) in [5.41, 5.74) is 0.0838. The van der Waals surface area contributed by atoms with Gasteiger partial charge in [-0.25, -0.2) is 0 Å². The summed E-state index contributed by atoms with van der Waals surface area (Å²) in [6.45, 7) is 1.24. The molecular formula is C14H12O5. The molecule has 1 aromatic rings. The second-order valence-electron chi connectivity index (χ2n) is 4.03. The molecule has 1 aliphatic rings. The van der Waals surface area contributed by atoms with Gasteiger partial charge in [0.25, 0.3) is 0 Å². The Morgan fingerprint density at radius 3 is 2.00 bits per heavy atom. The predicted octanol–water partition coefficient (Wildman–Crippen LogP) is 1.60. The lowest BCUT2D eigenvalue weighted by Crippen LogP contribution is -2.22. The van der Waals surface area contributed by atoms with Crippen molar-refractivity contribution >= 4 is 17.3 Å². The minimum atomic E-state index is -0.516. The molecule has 0 N–H and O–H groups in total. The average Bonchev–Trinajstić information content (AvgIpc) is 2.40. The van der Waals surface area contributed by atoms with Gasteiger partial charge in [-0.05, 0) is 19.1 Å². The molecule has 0 fully saturated rings. The Labute approximate surface area is 109 Å². The number of hydrogen-bond acceptors (Lipinski definition) is 5. The van der Waals surface area contributed by atoms with E-state index in [2.05, 4.69) is 0 Å². The van der Waals surface area contributed by atoms with Crippen LogP contribution in [0.25, 0.3) is 0 Å². The zero-order chi connectivity index (χ0) is 14.2. The van der Waals surface area contributed by atoms with Crippen molar-refractivity contribution in [2.75, 3.05) is 14.2 Å². The first-order chi connectivity index (χ1) is 9.01. The predicted molar refractivity (Wildman–Crippen MR) is 67.0 cm³/mol. The van der Waals surface area contributed by atoms with Crippen LogP contribution in [0.4, 0.5) is 0 Å². The molecule has 0 spiro atoms. The van der Waals surface area contributed by atoms with Crippen molar-refractivity contribution < 1.29 is 23.9 Å². The zero-order valence-corrected chi connectivity index (χ0v) is 10.8. The molecule has 0 saturated carbocycles. The van der Waals surface area contributed by atoms with Crippen LogP contribution in [0.5, 0.6) is 11.5 Å². The summed E-state index contributed by atoms with van der Waals surface area (Å²) in [6, 6.07) is 3.08. The molecule has 1 aliphatic carbocycles. The number of methoxy groups -OCH3 is 2. The van der Waals surface area contributed by atoms with Crippen molar-refractivity contribution in [2.45, 2.75) is 6.92 Å². The largest absolute Gasteiger partial charge is 0.496 e. The van der Waals surface area contributed by atoms with Crippen LogP contribution in [0.1, 0.15) is 27.6 Å². The Kier molecular flexibility index (Phi) is 3.21. The molecule has 0 saturated heterocycles. The molecule has 5 heteroatoms. The van der Waals surface area contributed by atoms with Crippen molar-refractivity contribution in [3.8, 4) is 11.5 Å². The van der Waals surface area contributed by atoms with Gasteiger partial charge in [0.2, 0.25) is 5.78 Å². The number of benzene rings is 1. The minimum Gasteiger partial charge on any atom is -0.496 e. The summed E-state index contributed by atoms with van der Waals surface area (Å²) in [6.07, 6.45) is 1.05. The van der Waals surface area contributed by atoms with E-state index >= 15 is 0 Å². The van der Waals surface area contributed by atoms with Crippen LogP contribution < -0.4 is 9.47 Å². The molecule has 0 unspecified atom stereocenters. The Bertz CT molecular complexity index is 625. The van der Waals surface area contributed by atoms with Crippen molar-refractivity contribution in [3.05, 3.63) is 34.9 Å². The van der Waals surface area contributed by atoms with Crippen LogP contribution in [-0.2, 0) is 4.79 Å². The first kappa shape index (κ1) is 13.0. The summed E-state index contributed by atoms with van der Waals surface area (Å²) in [4.78, 5) is 35.8. The average molecular weight is 260 g/mol. The highest BCUT2D eigenvalue weighted by molar-refractivity contribution is 6.35. The second-order valence-corrected chi connectivity index (χ2v) is 4.03. The quantitative estimate of drug-likeness (QED) is 0.772. The molecule has 0 aliphatic heterocycles. The van der Waals surface area contributed by atoms with Crippen LogP contribution >= 0.6 is 0 Å². The number of rotatable bonds is 3. The number of allylic oxidation sites excluding steroid dienone is 2. The molecule has 19 heavy (non-hydrogen) atoms. The topological polar surface area (TPSA) is 69.7 Å². The van der Waals surface area contributed by atoms with Gasteiger partial charge in [-0.3, -0.25) is 14.4 Å².